The number of hydrogen-bond donors (Lipinski definition) is 1. The zero-order valence-electron chi connectivity index (χ0n) is 13.5. The molecule has 0 aliphatic rings. The van der Waals surface area contributed by atoms with E-state index >= 15 is 0 Å². The van der Waals surface area contributed by atoms with Crippen LogP contribution in [0.15, 0.2) is 12.1 Å². The Balaban J connectivity index is 2.40. The maximum atomic E-state index is 11.8. The van der Waals surface area contributed by atoms with E-state index in [2.05, 4.69) is 17.1 Å². The number of nitrogens with zero attached hydrogens (tertiary/aromatic N) is 1. The summed E-state index contributed by atoms with van der Waals surface area (Å²) in [5, 5.41) is 3.62. The Morgan fingerprint density at radius 1 is 1.33 bits per heavy atom. The molecular weight excluding hydrogens is 288 g/mol. The first-order valence-corrected chi connectivity index (χ1v) is 7.48. The van der Waals surface area contributed by atoms with E-state index in [1.165, 1.54) is 0 Å². The van der Waals surface area contributed by atoms with Crippen LogP contribution >= 0.6 is 11.6 Å². The van der Waals surface area contributed by atoms with Gasteiger partial charge in [-0.25, -0.2) is 0 Å². The highest BCUT2D eigenvalue weighted by Gasteiger charge is 2.08. The molecule has 0 spiro atoms. The molecule has 4 nitrogen and oxygen atoms in total. The molecule has 1 atom stereocenters. The molecule has 1 aromatic rings. The first-order valence-electron chi connectivity index (χ1n) is 7.10. The smallest absolute Gasteiger partial charge is 0.257 e. The number of nitrogens with one attached hydrogen (secondary N) is 1. The van der Waals surface area contributed by atoms with Gasteiger partial charge >= 0.3 is 0 Å². The topological polar surface area (TPSA) is 41.6 Å². The van der Waals surface area contributed by atoms with Gasteiger partial charge in [-0.2, -0.15) is 0 Å². The Morgan fingerprint density at radius 2 is 1.90 bits per heavy atom. The molecule has 118 valence electrons. The average Bonchev–Trinajstić information content (AvgIpc) is 2.39. The highest BCUT2D eigenvalue weighted by atomic mass is 35.5. The molecule has 21 heavy (non-hydrogen) atoms. The quantitative estimate of drug-likeness (QED) is 0.841. The standard InChI is InChI=1S/C16H25ClN2O2/c1-11(9-19(4)5)8-18-15(20)10-21-14-6-12(2)16(17)13(3)7-14/h6-7,11H,8-10H2,1-5H3,(H,18,20)/t11-/m0/s1. The van der Waals surface area contributed by atoms with Crippen molar-refractivity contribution in [2.45, 2.75) is 20.8 Å². The highest BCUT2D eigenvalue weighted by Crippen LogP contribution is 2.25. The molecule has 0 saturated carbocycles. The summed E-state index contributed by atoms with van der Waals surface area (Å²) in [4.78, 5) is 13.9. The van der Waals surface area contributed by atoms with Gasteiger partial charge in [-0.3, -0.25) is 4.79 Å². The fourth-order valence-corrected chi connectivity index (χ4v) is 2.27. The van der Waals surface area contributed by atoms with Gasteiger partial charge in [0, 0.05) is 18.1 Å². The summed E-state index contributed by atoms with van der Waals surface area (Å²) in [6, 6.07) is 3.69. The minimum absolute atomic E-state index is 0.0230. The van der Waals surface area contributed by atoms with Crippen molar-refractivity contribution >= 4 is 17.5 Å². The van der Waals surface area contributed by atoms with Crippen molar-refractivity contribution in [1.82, 2.24) is 10.2 Å². The Hall–Kier alpha value is -1.26. The Labute approximate surface area is 132 Å². The van der Waals surface area contributed by atoms with Crippen LogP contribution in [0.2, 0.25) is 5.02 Å². The van der Waals surface area contributed by atoms with Gasteiger partial charge in [0.15, 0.2) is 6.61 Å². The van der Waals surface area contributed by atoms with Gasteiger partial charge in [0.05, 0.1) is 0 Å². The summed E-state index contributed by atoms with van der Waals surface area (Å²) in [7, 11) is 4.04. The van der Waals surface area contributed by atoms with E-state index in [4.69, 9.17) is 16.3 Å². The van der Waals surface area contributed by atoms with Crippen LogP contribution in [0.1, 0.15) is 18.1 Å². The van der Waals surface area contributed by atoms with Crippen molar-refractivity contribution in [2.24, 2.45) is 5.92 Å². The number of rotatable bonds is 7. The van der Waals surface area contributed by atoms with Crippen molar-refractivity contribution < 1.29 is 9.53 Å². The molecule has 0 heterocycles. The minimum Gasteiger partial charge on any atom is -0.484 e. The van der Waals surface area contributed by atoms with E-state index in [0.717, 1.165) is 22.7 Å². The van der Waals surface area contributed by atoms with Crippen LogP contribution in [0, 0.1) is 19.8 Å². The van der Waals surface area contributed by atoms with Crippen molar-refractivity contribution in [3.8, 4) is 5.75 Å². The number of halogens is 1. The molecule has 0 aliphatic heterocycles. The van der Waals surface area contributed by atoms with Crippen molar-refractivity contribution in [3.63, 3.8) is 0 Å². The fourth-order valence-electron chi connectivity index (χ4n) is 2.17. The number of hydrogen-bond acceptors (Lipinski definition) is 3. The van der Waals surface area contributed by atoms with Crippen LogP contribution in [0.5, 0.6) is 5.75 Å². The lowest BCUT2D eigenvalue weighted by Crippen LogP contribution is -2.35. The molecule has 0 aromatic heterocycles. The van der Waals surface area contributed by atoms with E-state index in [1.54, 1.807) is 0 Å². The number of carbonyl (C=O) groups is 1. The molecule has 0 aliphatic carbocycles. The predicted molar refractivity (Wildman–Crippen MR) is 87.1 cm³/mol. The Kier molecular flexibility index (Phi) is 6.99. The SMILES string of the molecule is Cc1cc(OCC(=O)NC[C@H](C)CN(C)C)cc(C)c1Cl. The summed E-state index contributed by atoms with van der Waals surface area (Å²) in [5.41, 5.74) is 1.90. The number of carbonyl (C=O) groups excluding carboxylic acids is 1. The van der Waals surface area contributed by atoms with Gasteiger partial charge in [0.2, 0.25) is 0 Å². The van der Waals surface area contributed by atoms with Crippen LogP contribution in [0.4, 0.5) is 0 Å². The molecule has 1 rings (SSSR count). The lowest BCUT2D eigenvalue weighted by Gasteiger charge is -2.17. The normalized spacial score (nSPS) is 12.3. The third-order valence-electron chi connectivity index (χ3n) is 3.10. The zero-order chi connectivity index (χ0) is 16.0. The fraction of sp³-hybridized carbons (Fsp3) is 0.562. The maximum absolute atomic E-state index is 11.8. The predicted octanol–water partition coefficient (Wildman–Crippen LogP) is 2.65. The van der Waals surface area contributed by atoms with Gasteiger partial charge in [-0.1, -0.05) is 18.5 Å². The van der Waals surface area contributed by atoms with E-state index in [9.17, 15) is 4.79 Å². The van der Waals surface area contributed by atoms with Gasteiger partial charge in [-0.05, 0) is 57.1 Å². The molecule has 1 aromatic carbocycles. The van der Waals surface area contributed by atoms with E-state index in [0.29, 0.717) is 18.2 Å². The van der Waals surface area contributed by atoms with Crippen LogP contribution in [-0.2, 0) is 4.79 Å². The highest BCUT2D eigenvalue weighted by molar-refractivity contribution is 6.32. The third kappa shape index (κ3) is 6.36. The average molecular weight is 313 g/mol. The van der Waals surface area contributed by atoms with Crippen LogP contribution in [-0.4, -0.2) is 44.6 Å². The summed E-state index contributed by atoms with van der Waals surface area (Å²) >= 11 is 6.10. The first-order chi connectivity index (χ1) is 9.79. The third-order valence-corrected chi connectivity index (χ3v) is 3.70. The molecular formula is C16H25ClN2O2. The first kappa shape index (κ1) is 17.8. The summed E-state index contributed by atoms with van der Waals surface area (Å²) in [5.74, 6) is 0.973. The van der Waals surface area contributed by atoms with Crippen LogP contribution in [0.25, 0.3) is 0 Å². The summed E-state index contributed by atoms with van der Waals surface area (Å²) in [6.07, 6.45) is 0. The second-order valence-corrected chi connectivity index (χ2v) is 6.21. The van der Waals surface area contributed by atoms with Crippen molar-refractivity contribution in [2.75, 3.05) is 33.8 Å². The number of amides is 1. The molecule has 1 amide bonds. The van der Waals surface area contributed by atoms with E-state index < -0.39 is 0 Å². The monoisotopic (exact) mass is 312 g/mol. The van der Waals surface area contributed by atoms with Crippen molar-refractivity contribution in [3.05, 3.63) is 28.3 Å². The molecule has 5 heteroatoms. The van der Waals surface area contributed by atoms with Gasteiger partial charge in [0.25, 0.3) is 5.91 Å². The number of aryl methyl sites for hydroxylation is 2. The van der Waals surface area contributed by atoms with Gasteiger partial charge in [0.1, 0.15) is 5.75 Å². The molecule has 1 N–H and O–H groups in total. The lowest BCUT2D eigenvalue weighted by atomic mass is 10.1. The lowest BCUT2D eigenvalue weighted by molar-refractivity contribution is -0.123. The number of benzene rings is 1. The minimum atomic E-state index is -0.106. The summed E-state index contributed by atoms with van der Waals surface area (Å²) in [6.45, 7) is 7.56. The molecule has 0 bridgehead atoms. The van der Waals surface area contributed by atoms with Gasteiger partial charge < -0.3 is 15.0 Å². The number of ether oxygens (including phenoxy) is 1. The Morgan fingerprint density at radius 3 is 2.43 bits per heavy atom. The van der Waals surface area contributed by atoms with Gasteiger partial charge in [-0.15, -0.1) is 0 Å². The summed E-state index contributed by atoms with van der Waals surface area (Å²) < 4.78 is 5.52. The van der Waals surface area contributed by atoms with Crippen LogP contribution < -0.4 is 10.1 Å². The molecule has 0 saturated heterocycles. The molecule has 0 radical (unpaired) electrons. The second-order valence-electron chi connectivity index (χ2n) is 5.83. The molecule has 0 fully saturated rings. The Bertz CT molecular complexity index is 466. The largest absolute Gasteiger partial charge is 0.484 e. The second kappa shape index (κ2) is 8.25. The van der Waals surface area contributed by atoms with E-state index in [1.807, 2.05) is 40.1 Å². The van der Waals surface area contributed by atoms with Crippen LogP contribution in [0.3, 0.4) is 0 Å². The molecule has 0 unspecified atom stereocenters. The maximum Gasteiger partial charge on any atom is 0.257 e. The van der Waals surface area contributed by atoms with Crippen molar-refractivity contribution in [1.29, 1.82) is 0 Å². The van der Waals surface area contributed by atoms with E-state index in [-0.39, 0.29) is 12.5 Å². The zero-order valence-corrected chi connectivity index (χ0v) is 14.3.